The molecule has 25 heavy (non-hydrogen) atoms. The number of carbonyl (C=O) groups is 1. The summed E-state index contributed by atoms with van der Waals surface area (Å²) in [6.07, 6.45) is 6.05. The predicted molar refractivity (Wildman–Crippen MR) is 96.6 cm³/mol. The summed E-state index contributed by atoms with van der Waals surface area (Å²) in [4.78, 5) is 15.4. The average molecular weight is 343 g/mol. The highest BCUT2D eigenvalue weighted by Gasteiger charge is 2.45. The maximum atomic E-state index is 13.2. The van der Waals surface area contributed by atoms with Crippen LogP contribution in [0.25, 0.3) is 0 Å². The van der Waals surface area contributed by atoms with E-state index in [1.807, 2.05) is 12.1 Å². The molecule has 0 unspecified atom stereocenters. The fraction of sp³-hybridized carbons (Fsp3) is 0.667. The molecule has 136 valence electrons. The second-order valence-corrected chi connectivity index (χ2v) is 8.06. The Hall–Kier alpha value is -1.39. The summed E-state index contributed by atoms with van der Waals surface area (Å²) in [6, 6.07) is 8.95. The lowest BCUT2D eigenvalue weighted by atomic mass is 9.88. The normalized spacial score (nSPS) is 23.3. The van der Waals surface area contributed by atoms with E-state index >= 15 is 0 Å². The second-order valence-electron chi connectivity index (χ2n) is 8.06. The average Bonchev–Trinajstić information content (AvgIpc) is 3.36. The van der Waals surface area contributed by atoms with E-state index in [1.165, 1.54) is 5.56 Å². The molecule has 4 rings (SSSR count). The van der Waals surface area contributed by atoms with Gasteiger partial charge in [-0.05, 0) is 49.3 Å². The fourth-order valence-electron chi connectivity index (χ4n) is 4.25. The third kappa shape index (κ3) is 3.47. The molecule has 1 amide bonds. The Morgan fingerprint density at radius 2 is 1.56 bits per heavy atom. The zero-order valence-electron chi connectivity index (χ0n) is 15.4. The minimum atomic E-state index is -0.353. The molecular formula is C21H29NO3. The number of hydrogen-bond donors (Lipinski definition) is 0. The number of ether oxygens (including phenoxy) is 2. The summed E-state index contributed by atoms with van der Waals surface area (Å²) >= 11 is 0. The van der Waals surface area contributed by atoms with Crippen LogP contribution in [-0.4, -0.2) is 41.9 Å². The van der Waals surface area contributed by atoms with E-state index < -0.39 is 0 Å². The highest BCUT2D eigenvalue weighted by atomic mass is 16.7. The molecule has 2 saturated carbocycles. The molecule has 1 aliphatic heterocycles. The topological polar surface area (TPSA) is 38.8 Å². The monoisotopic (exact) mass is 343 g/mol. The Labute approximate surface area is 150 Å². The largest absolute Gasteiger partial charge is 0.348 e. The molecule has 4 heteroatoms. The molecule has 0 atom stereocenters. The Bertz CT molecular complexity index is 605. The smallest absolute Gasteiger partial charge is 0.254 e. The van der Waals surface area contributed by atoms with Gasteiger partial charge in [-0.15, -0.1) is 0 Å². The minimum absolute atomic E-state index is 0.201. The number of carbonyl (C=O) groups excluding carboxylic acids is 1. The molecule has 0 N–H and O–H groups in total. The Kier molecular flexibility index (Phi) is 4.59. The van der Waals surface area contributed by atoms with Crippen LogP contribution in [0, 0.1) is 0 Å². The molecule has 0 aromatic heterocycles. The quantitative estimate of drug-likeness (QED) is 0.826. The zero-order valence-corrected chi connectivity index (χ0v) is 15.4. The van der Waals surface area contributed by atoms with Crippen LogP contribution >= 0.6 is 0 Å². The summed E-state index contributed by atoms with van der Waals surface area (Å²) in [5.41, 5.74) is 2.11. The van der Waals surface area contributed by atoms with Gasteiger partial charge in [0.15, 0.2) is 5.79 Å². The maximum Gasteiger partial charge on any atom is 0.254 e. The van der Waals surface area contributed by atoms with E-state index in [0.717, 1.165) is 44.1 Å². The lowest BCUT2D eigenvalue weighted by Gasteiger charge is -2.40. The lowest BCUT2D eigenvalue weighted by molar-refractivity contribution is -0.183. The van der Waals surface area contributed by atoms with Crippen molar-refractivity contribution >= 4 is 5.91 Å². The second kappa shape index (κ2) is 6.73. The number of hydrogen-bond acceptors (Lipinski definition) is 3. The van der Waals surface area contributed by atoms with Crippen LogP contribution in [0.5, 0.6) is 0 Å². The standard InChI is InChI=1S/C21H29NO3/c1-15(2)16-3-5-17(6-4-16)20(23)22(18-7-8-18)19-9-11-21(12-10-19)24-13-14-25-21/h3-6,15,18-19H,7-14H2,1-2H3. The molecule has 3 aliphatic rings. The summed E-state index contributed by atoms with van der Waals surface area (Å²) < 4.78 is 11.7. The molecule has 3 fully saturated rings. The first kappa shape index (κ1) is 17.0. The van der Waals surface area contributed by atoms with Gasteiger partial charge in [0.25, 0.3) is 5.91 Å². The van der Waals surface area contributed by atoms with Gasteiger partial charge < -0.3 is 14.4 Å². The van der Waals surface area contributed by atoms with Crippen LogP contribution in [-0.2, 0) is 9.47 Å². The van der Waals surface area contributed by atoms with Crippen molar-refractivity contribution in [3.63, 3.8) is 0 Å². The van der Waals surface area contributed by atoms with Crippen LogP contribution in [0.3, 0.4) is 0 Å². The highest BCUT2D eigenvalue weighted by molar-refractivity contribution is 5.95. The molecule has 0 bridgehead atoms. The third-order valence-corrected chi connectivity index (χ3v) is 5.92. The van der Waals surface area contributed by atoms with Gasteiger partial charge in [-0.3, -0.25) is 4.79 Å². The van der Waals surface area contributed by atoms with Crippen molar-refractivity contribution in [2.24, 2.45) is 0 Å². The minimum Gasteiger partial charge on any atom is -0.348 e. The first-order valence-electron chi connectivity index (χ1n) is 9.78. The van der Waals surface area contributed by atoms with Crippen LogP contribution in [0.1, 0.15) is 74.2 Å². The molecule has 1 spiro atoms. The van der Waals surface area contributed by atoms with Crippen molar-refractivity contribution in [3.8, 4) is 0 Å². The van der Waals surface area contributed by atoms with Gasteiger partial charge in [-0.25, -0.2) is 0 Å². The zero-order chi connectivity index (χ0) is 17.4. The third-order valence-electron chi connectivity index (χ3n) is 5.92. The fourth-order valence-corrected chi connectivity index (χ4v) is 4.25. The Balaban J connectivity index is 1.47. The number of benzene rings is 1. The number of nitrogens with zero attached hydrogens (tertiary/aromatic N) is 1. The summed E-state index contributed by atoms with van der Waals surface area (Å²) in [7, 11) is 0. The van der Waals surface area contributed by atoms with E-state index in [9.17, 15) is 4.79 Å². The molecule has 1 heterocycles. The van der Waals surface area contributed by atoms with Crippen LogP contribution in [0.2, 0.25) is 0 Å². The molecule has 1 saturated heterocycles. The summed E-state index contributed by atoms with van der Waals surface area (Å²) in [6.45, 7) is 5.77. The highest BCUT2D eigenvalue weighted by Crippen LogP contribution is 2.41. The summed E-state index contributed by atoms with van der Waals surface area (Å²) in [5, 5.41) is 0. The van der Waals surface area contributed by atoms with E-state index in [-0.39, 0.29) is 11.7 Å². The summed E-state index contributed by atoms with van der Waals surface area (Å²) in [5.74, 6) is 0.338. The SMILES string of the molecule is CC(C)c1ccc(C(=O)N(C2CC2)C2CCC3(CC2)OCCO3)cc1. The van der Waals surface area contributed by atoms with E-state index in [4.69, 9.17) is 9.47 Å². The number of amides is 1. The Morgan fingerprint density at radius 3 is 2.08 bits per heavy atom. The van der Waals surface area contributed by atoms with Crippen molar-refractivity contribution in [1.29, 1.82) is 0 Å². The van der Waals surface area contributed by atoms with Crippen LogP contribution < -0.4 is 0 Å². The number of rotatable bonds is 4. The van der Waals surface area contributed by atoms with Gasteiger partial charge in [-0.2, -0.15) is 0 Å². The van der Waals surface area contributed by atoms with Crippen molar-refractivity contribution in [3.05, 3.63) is 35.4 Å². The molecule has 0 radical (unpaired) electrons. The maximum absolute atomic E-state index is 13.2. The van der Waals surface area contributed by atoms with Gasteiger partial charge in [-0.1, -0.05) is 26.0 Å². The van der Waals surface area contributed by atoms with Gasteiger partial charge in [0, 0.05) is 30.5 Å². The first-order valence-corrected chi connectivity index (χ1v) is 9.78. The van der Waals surface area contributed by atoms with Crippen molar-refractivity contribution < 1.29 is 14.3 Å². The van der Waals surface area contributed by atoms with E-state index in [2.05, 4.69) is 30.9 Å². The van der Waals surface area contributed by atoms with Gasteiger partial charge in [0.1, 0.15) is 0 Å². The molecule has 2 aliphatic carbocycles. The first-order chi connectivity index (χ1) is 12.1. The van der Waals surface area contributed by atoms with E-state index in [0.29, 0.717) is 31.2 Å². The van der Waals surface area contributed by atoms with Crippen LogP contribution in [0.4, 0.5) is 0 Å². The van der Waals surface area contributed by atoms with Crippen LogP contribution in [0.15, 0.2) is 24.3 Å². The van der Waals surface area contributed by atoms with Crippen molar-refractivity contribution in [2.75, 3.05) is 13.2 Å². The molecular weight excluding hydrogens is 314 g/mol. The van der Waals surface area contributed by atoms with E-state index in [1.54, 1.807) is 0 Å². The molecule has 4 nitrogen and oxygen atoms in total. The van der Waals surface area contributed by atoms with Crippen molar-refractivity contribution in [1.82, 2.24) is 4.90 Å². The lowest BCUT2D eigenvalue weighted by Crippen LogP contribution is -2.47. The van der Waals surface area contributed by atoms with Gasteiger partial charge in [0.05, 0.1) is 13.2 Å². The molecule has 1 aromatic rings. The molecule has 1 aromatic carbocycles. The predicted octanol–water partition coefficient (Wildman–Crippen LogP) is 4.10. The van der Waals surface area contributed by atoms with Crippen molar-refractivity contribution in [2.45, 2.75) is 76.2 Å². The Morgan fingerprint density at radius 1 is 1.00 bits per heavy atom. The van der Waals surface area contributed by atoms with Gasteiger partial charge in [0.2, 0.25) is 0 Å². The van der Waals surface area contributed by atoms with Gasteiger partial charge >= 0.3 is 0 Å².